The molecule has 4 rings (SSSR count). The van der Waals surface area contributed by atoms with Crippen molar-refractivity contribution >= 4 is 11.6 Å². The smallest absolute Gasteiger partial charge is 0.271 e. The molecule has 0 atom stereocenters. The molecule has 0 radical (unpaired) electrons. The first kappa shape index (κ1) is 21.7. The number of nitrogens with one attached hydrogen (secondary N) is 1. The average molecular weight is 436 g/mol. The van der Waals surface area contributed by atoms with E-state index in [0.29, 0.717) is 12.2 Å². The van der Waals surface area contributed by atoms with Crippen molar-refractivity contribution in [1.29, 1.82) is 0 Å². The number of anilines is 1. The molecule has 1 aliphatic rings. The summed E-state index contributed by atoms with van der Waals surface area (Å²) in [7, 11) is 0. The highest BCUT2D eigenvalue weighted by Crippen LogP contribution is 2.15. The molecule has 0 unspecified atom stereocenters. The zero-order chi connectivity index (χ0) is 22.3. The van der Waals surface area contributed by atoms with Gasteiger partial charge in [0.1, 0.15) is 11.5 Å². The number of carbonyl (C=O) groups is 1. The molecule has 32 heavy (non-hydrogen) atoms. The Morgan fingerprint density at radius 3 is 2.34 bits per heavy atom. The van der Waals surface area contributed by atoms with Gasteiger partial charge in [0.25, 0.3) is 11.5 Å². The monoisotopic (exact) mass is 435 g/mol. The van der Waals surface area contributed by atoms with Crippen LogP contribution in [0.5, 0.6) is 0 Å². The van der Waals surface area contributed by atoms with Crippen LogP contribution >= 0.6 is 0 Å². The summed E-state index contributed by atoms with van der Waals surface area (Å²) in [4.78, 5) is 29.4. The van der Waals surface area contributed by atoms with Gasteiger partial charge in [0, 0.05) is 44.5 Å². The summed E-state index contributed by atoms with van der Waals surface area (Å²) < 4.78 is 14.2. The quantitative estimate of drug-likeness (QED) is 0.577. The van der Waals surface area contributed by atoms with E-state index in [-0.39, 0.29) is 17.2 Å². The number of halogens is 1. The van der Waals surface area contributed by atoms with E-state index < -0.39 is 5.82 Å². The number of rotatable bonds is 7. The summed E-state index contributed by atoms with van der Waals surface area (Å²) in [5, 5.41) is 7.00. The minimum atomic E-state index is -0.405. The van der Waals surface area contributed by atoms with E-state index in [2.05, 4.69) is 44.5 Å². The van der Waals surface area contributed by atoms with E-state index in [9.17, 15) is 14.0 Å². The number of piperazine rings is 1. The van der Waals surface area contributed by atoms with Gasteiger partial charge in [-0.05, 0) is 55.4 Å². The van der Waals surface area contributed by atoms with Crippen LogP contribution in [0.2, 0.25) is 0 Å². The molecule has 1 amide bonds. The zero-order valence-electron chi connectivity index (χ0n) is 17.8. The molecule has 8 heteroatoms. The van der Waals surface area contributed by atoms with Crippen molar-refractivity contribution in [3.05, 3.63) is 88.6 Å². The molecule has 1 aromatic heterocycles. The molecule has 3 aromatic rings. The molecule has 1 N–H and O–H groups in total. The maximum absolute atomic E-state index is 13.1. The van der Waals surface area contributed by atoms with Crippen LogP contribution in [0.25, 0.3) is 5.69 Å². The number of para-hydroxylation sites is 1. The molecule has 1 saturated heterocycles. The van der Waals surface area contributed by atoms with Gasteiger partial charge >= 0.3 is 0 Å². The molecule has 0 aliphatic carbocycles. The first-order chi connectivity index (χ1) is 15.6. The summed E-state index contributed by atoms with van der Waals surface area (Å²) in [6.45, 7) is 5.40. The SMILES string of the molecule is O=C(NCCCN1CCN(c2ccccc2)CC1)c1ccc(=O)n(-c2ccc(F)cc2)n1. The highest BCUT2D eigenvalue weighted by molar-refractivity contribution is 5.92. The van der Waals surface area contributed by atoms with Crippen molar-refractivity contribution in [2.45, 2.75) is 6.42 Å². The van der Waals surface area contributed by atoms with Gasteiger partial charge in [-0.2, -0.15) is 9.78 Å². The third kappa shape index (κ3) is 5.39. The minimum Gasteiger partial charge on any atom is -0.369 e. The van der Waals surface area contributed by atoms with Crippen molar-refractivity contribution in [1.82, 2.24) is 20.0 Å². The fourth-order valence-corrected chi connectivity index (χ4v) is 3.76. The van der Waals surface area contributed by atoms with Crippen LogP contribution < -0.4 is 15.8 Å². The van der Waals surface area contributed by atoms with Crippen molar-refractivity contribution in [2.24, 2.45) is 0 Å². The fourth-order valence-electron chi connectivity index (χ4n) is 3.76. The van der Waals surface area contributed by atoms with Crippen LogP contribution in [0.4, 0.5) is 10.1 Å². The molecule has 0 bridgehead atoms. The molecular formula is C24H26FN5O2. The highest BCUT2D eigenvalue weighted by atomic mass is 19.1. The third-order valence-electron chi connectivity index (χ3n) is 5.53. The molecule has 1 fully saturated rings. The highest BCUT2D eigenvalue weighted by Gasteiger charge is 2.17. The predicted octanol–water partition coefficient (Wildman–Crippen LogP) is 2.31. The maximum Gasteiger partial charge on any atom is 0.271 e. The van der Waals surface area contributed by atoms with Gasteiger partial charge in [0.2, 0.25) is 0 Å². The molecule has 2 aromatic carbocycles. The summed E-state index contributed by atoms with van der Waals surface area (Å²) in [5.74, 6) is -0.744. The first-order valence-corrected chi connectivity index (χ1v) is 10.8. The van der Waals surface area contributed by atoms with Gasteiger partial charge < -0.3 is 10.2 Å². The van der Waals surface area contributed by atoms with Crippen LogP contribution in [0, 0.1) is 5.82 Å². The van der Waals surface area contributed by atoms with E-state index in [1.807, 2.05) is 6.07 Å². The van der Waals surface area contributed by atoms with E-state index >= 15 is 0 Å². The van der Waals surface area contributed by atoms with Gasteiger partial charge in [0.05, 0.1) is 5.69 Å². The summed E-state index contributed by atoms with van der Waals surface area (Å²) in [5.41, 5.74) is 1.42. The normalized spacial score (nSPS) is 14.3. The van der Waals surface area contributed by atoms with E-state index in [1.165, 1.54) is 42.1 Å². The van der Waals surface area contributed by atoms with Gasteiger partial charge in [-0.25, -0.2) is 4.39 Å². The molecule has 2 heterocycles. The van der Waals surface area contributed by atoms with Gasteiger partial charge in [-0.3, -0.25) is 14.5 Å². The van der Waals surface area contributed by atoms with Crippen LogP contribution in [0.1, 0.15) is 16.9 Å². The van der Waals surface area contributed by atoms with E-state index in [4.69, 9.17) is 0 Å². The Morgan fingerprint density at radius 1 is 0.906 bits per heavy atom. The van der Waals surface area contributed by atoms with Crippen LogP contribution in [0.3, 0.4) is 0 Å². The molecule has 0 saturated carbocycles. The minimum absolute atomic E-state index is 0.144. The topological polar surface area (TPSA) is 70.5 Å². The number of amides is 1. The van der Waals surface area contributed by atoms with Gasteiger partial charge in [-0.15, -0.1) is 0 Å². The number of aromatic nitrogens is 2. The molecule has 166 valence electrons. The Balaban J connectivity index is 1.24. The lowest BCUT2D eigenvalue weighted by Crippen LogP contribution is -2.47. The molecule has 7 nitrogen and oxygen atoms in total. The predicted molar refractivity (Wildman–Crippen MR) is 122 cm³/mol. The maximum atomic E-state index is 13.1. The third-order valence-corrected chi connectivity index (χ3v) is 5.53. The van der Waals surface area contributed by atoms with Crippen molar-refractivity contribution < 1.29 is 9.18 Å². The molecule has 1 aliphatic heterocycles. The average Bonchev–Trinajstić information content (AvgIpc) is 2.83. The lowest BCUT2D eigenvalue weighted by Gasteiger charge is -2.36. The zero-order valence-corrected chi connectivity index (χ0v) is 17.8. The summed E-state index contributed by atoms with van der Waals surface area (Å²) in [6.07, 6.45) is 0.828. The summed E-state index contributed by atoms with van der Waals surface area (Å²) in [6, 6.07) is 18.5. The van der Waals surface area contributed by atoms with E-state index in [1.54, 1.807) is 0 Å². The van der Waals surface area contributed by atoms with Crippen LogP contribution in [0.15, 0.2) is 71.5 Å². The first-order valence-electron chi connectivity index (χ1n) is 10.8. The Hall–Kier alpha value is -3.52. The number of nitrogens with zero attached hydrogens (tertiary/aromatic N) is 4. The molecule has 0 spiro atoms. The van der Waals surface area contributed by atoms with Crippen molar-refractivity contribution in [3.63, 3.8) is 0 Å². The van der Waals surface area contributed by atoms with Crippen LogP contribution in [-0.4, -0.2) is 59.9 Å². The molecular weight excluding hydrogens is 409 g/mol. The number of hydrogen-bond donors (Lipinski definition) is 1. The standard InChI is InChI=1S/C24H26FN5O2/c25-19-7-9-21(10-8-19)30-23(31)12-11-22(27-30)24(32)26-13-4-14-28-15-17-29(18-16-28)20-5-2-1-3-6-20/h1-3,5-12H,4,13-18H2,(H,26,32). The van der Waals surface area contributed by atoms with E-state index in [0.717, 1.165) is 43.8 Å². The summed E-state index contributed by atoms with van der Waals surface area (Å²) >= 11 is 0. The Bertz CT molecular complexity index is 1090. The lowest BCUT2D eigenvalue weighted by atomic mass is 10.2. The van der Waals surface area contributed by atoms with Gasteiger partial charge in [-0.1, -0.05) is 18.2 Å². The van der Waals surface area contributed by atoms with Crippen molar-refractivity contribution in [2.75, 3.05) is 44.2 Å². The van der Waals surface area contributed by atoms with Gasteiger partial charge in [0.15, 0.2) is 0 Å². The lowest BCUT2D eigenvalue weighted by molar-refractivity contribution is 0.0944. The second-order valence-corrected chi connectivity index (χ2v) is 7.72. The number of hydrogen-bond acceptors (Lipinski definition) is 5. The largest absolute Gasteiger partial charge is 0.369 e. The number of benzene rings is 2. The fraction of sp³-hybridized carbons (Fsp3) is 0.292. The Morgan fingerprint density at radius 2 is 1.62 bits per heavy atom. The van der Waals surface area contributed by atoms with Crippen LogP contribution in [-0.2, 0) is 0 Å². The number of carbonyl (C=O) groups excluding carboxylic acids is 1. The van der Waals surface area contributed by atoms with Crippen molar-refractivity contribution in [3.8, 4) is 5.69 Å². The second-order valence-electron chi connectivity index (χ2n) is 7.72. The second kappa shape index (κ2) is 10.2. The Labute approximate surface area is 186 Å². The Kier molecular flexibility index (Phi) is 6.91.